The van der Waals surface area contributed by atoms with E-state index in [4.69, 9.17) is 4.52 Å². The second-order valence-corrected chi connectivity index (χ2v) is 6.80. The van der Waals surface area contributed by atoms with E-state index in [0.717, 1.165) is 5.69 Å². The zero-order valence-corrected chi connectivity index (χ0v) is 15.8. The topological polar surface area (TPSA) is 107 Å². The van der Waals surface area contributed by atoms with Crippen LogP contribution in [-0.4, -0.2) is 31.0 Å². The van der Waals surface area contributed by atoms with Gasteiger partial charge in [0.15, 0.2) is 16.6 Å². The Hall–Kier alpha value is -3.46. The molecule has 0 unspecified atom stereocenters. The lowest BCUT2D eigenvalue weighted by Crippen LogP contribution is -2.22. The van der Waals surface area contributed by atoms with E-state index in [0.29, 0.717) is 39.3 Å². The van der Waals surface area contributed by atoms with Crippen molar-refractivity contribution in [2.75, 3.05) is 0 Å². The second kappa shape index (κ2) is 8.05. The molecule has 1 amide bonds. The summed E-state index contributed by atoms with van der Waals surface area (Å²) in [6.07, 6.45) is 5.63. The Balaban J connectivity index is 1.47. The van der Waals surface area contributed by atoms with Crippen molar-refractivity contribution in [2.45, 2.75) is 19.9 Å². The molecule has 0 aliphatic rings. The van der Waals surface area contributed by atoms with Gasteiger partial charge in [0.2, 0.25) is 0 Å². The second-order valence-electron chi connectivity index (χ2n) is 5.80. The van der Waals surface area contributed by atoms with Crippen LogP contribution in [0.1, 0.15) is 28.0 Å². The average molecular weight is 392 g/mol. The van der Waals surface area contributed by atoms with Crippen LogP contribution in [0.3, 0.4) is 0 Å². The summed E-state index contributed by atoms with van der Waals surface area (Å²) in [4.78, 5) is 30.3. The summed E-state index contributed by atoms with van der Waals surface area (Å²) >= 11 is 1.28. The van der Waals surface area contributed by atoms with Gasteiger partial charge in [-0.1, -0.05) is 18.1 Å². The number of hydrogen-bond acceptors (Lipinski definition) is 8. The van der Waals surface area contributed by atoms with E-state index in [1.54, 1.807) is 30.7 Å². The number of amides is 1. The van der Waals surface area contributed by atoms with Gasteiger partial charge < -0.3 is 9.84 Å². The maximum Gasteiger partial charge on any atom is 0.263 e. The molecule has 8 nitrogen and oxygen atoms in total. The number of nitrogens with zero attached hydrogens (tertiary/aromatic N) is 5. The van der Waals surface area contributed by atoms with Crippen molar-refractivity contribution < 1.29 is 9.32 Å². The summed E-state index contributed by atoms with van der Waals surface area (Å²) in [5.74, 6) is 0.840. The van der Waals surface area contributed by atoms with Gasteiger partial charge in [-0.25, -0.2) is 15.0 Å². The van der Waals surface area contributed by atoms with Crippen LogP contribution in [0.5, 0.6) is 0 Å². The molecule has 0 bridgehead atoms. The number of aromatic nitrogens is 5. The fourth-order valence-corrected chi connectivity index (χ4v) is 3.57. The number of aryl methyl sites for hydroxylation is 1. The molecule has 0 saturated heterocycles. The van der Waals surface area contributed by atoms with Gasteiger partial charge >= 0.3 is 0 Å². The molecule has 1 N–H and O–H groups in total. The quantitative estimate of drug-likeness (QED) is 0.537. The predicted molar refractivity (Wildman–Crippen MR) is 103 cm³/mol. The lowest BCUT2D eigenvalue weighted by Gasteiger charge is -2.01. The van der Waals surface area contributed by atoms with Crippen LogP contribution in [-0.2, 0) is 13.0 Å². The van der Waals surface area contributed by atoms with Crippen molar-refractivity contribution >= 4 is 17.2 Å². The molecule has 4 rings (SSSR count). The van der Waals surface area contributed by atoms with Gasteiger partial charge in [0.1, 0.15) is 10.6 Å². The van der Waals surface area contributed by atoms with Gasteiger partial charge in [-0.15, -0.1) is 11.3 Å². The van der Waals surface area contributed by atoms with E-state index in [9.17, 15) is 4.79 Å². The highest BCUT2D eigenvalue weighted by Crippen LogP contribution is 2.26. The first kappa shape index (κ1) is 17.9. The molecule has 0 atom stereocenters. The Labute approximate surface area is 164 Å². The monoisotopic (exact) mass is 392 g/mol. The van der Waals surface area contributed by atoms with Gasteiger partial charge in [0, 0.05) is 24.7 Å². The van der Waals surface area contributed by atoms with Crippen molar-refractivity contribution in [3.63, 3.8) is 0 Å². The van der Waals surface area contributed by atoms with Crippen LogP contribution in [0, 0.1) is 0 Å². The minimum atomic E-state index is -0.215. The maximum absolute atomic E-state index is 12.7. The minimum Gasteiger partial charge on any atom is -0.359 e. The summed E-state index contributed by atoms with van der Waals surface area (Å²) in [7, 11) is 0. The van der Waals surface area contributed by atoms with Crippen molar-refractivity contribution in [3.8, 4) is 22.2 Å². The number of carbonyl (C=O) groups is 1. The molecule has 0 fully saturated rings. The lowest BCUT2D eigenvalue weighted by atomic mass is 10.2. The minimum absolute atomic E-state index is 0.215. The van der Waals surface area contributed by atoms with Gasteiger partial charge in [-0.3, -0.25) is 9.78 Å². The Morgan fingerprint density at radius 2 is 1.93 bits per heavy atom. The number of thiazole rings is 1. The fraction of sp³-hybridized carbons (Fsp3) is 0.158. The molecule has 0 aliphatic heterocycles. The first-order valence-corrected chi connectivity index (χ1v) is 9.48. The van der Waals surface area contributed by atoms with Gasteiger partial charge in [-0.2, -0.15) is 0 Å². The van der Waals surface area contributed by atoms with E-state index in [2.05, 4.69) is 30.4 Å². The number of rotatable bonds is 6. The molecule has 9 heteroatoms. The SMILES string of the molecule is CCc1nc(-c2ncccn2)sc1C(=O)NCc1cc(-c2ccccn2)no1. The molecule has 0 spiro atoms. The lowest BCUT2D eigenvalue weighted by molar-refractivity contribution is 0.0950. The van der Waals surface area contributed by atoms with E-state index < -0.39 is 0 Å². The first-order valence-electron chi connectivity index (χ1n) is 8.67. The van der Waals surface area contributed by atoms with Gasteiger partial charge in [0.05, 0.1) is 17.9 Å². The van der Waals surface area contributed by atoms with E-state index in [1.807, 2.05) is 25.1 Å². The third-order valence-electron chi connectivity index (χ3n) is 3.90. The molecule has 4 aromatic rings. The number of hydrogen-bond donors (Lipinski definition) is 1. The smallest absolute Gasteiger partial charge is 0.263 e. The van der Waals surface area contributed by atoms with Crippen molar-refractivity contribution in [3.05, 3.63) is 65.3 Å². The van der Waals surface area contributed by atoms with Gasteiger partial charge in [-0.05, 0) is 24.6 Å². The molecule has 4 heterocycles. The Morgan fingerprint density at radius 3 is 2.68 bits per heavy atom. The van der Waals surface area contributed by atoms with Crippen LogP contribution < -0.4 is 5.32 Å². The third kappa shape index (κ3) is 3.79. The van der Waals surface area contributed by atoms with Crippen molar-refractivity contribution in [1.82, 2.24) is 30.4 Å². The summed E-state index contributed by atoms with van der Waals surface area (Å²) < 4.78 is 5.30. The Bertz CT molecular complexity index is 1080. The normalized spacial score (nSPS) is 10.8. The molecule has 0 radical (unpaired) electrons. The van der Waals surface area contributed by atoms with Crippen molar-refractivity contribution in [1.29, 1.82) is 0 Å². The van der Waals surface area contributed by atoms with Crippen LogP contribution in [0.15, 0.2) is 53.4 Å². The van der Waals surface area contributed by atoms with Crippen molar-refractivity contribution in [2.24, 2.45) is 0 Å². The largest absolute Gasteiger partial charge is 0.359 e. The van der Waals surface area contributed by atoms with E-state index in [1.165, 1.54) is 11.3 Å². The standard InChI is InChI=1S/C19H16N6O2S/c1-2-13-16(28-19(24-13)17-21-8-5-9-22-17)18(26)23-11-12-10-15(25-27-12)14-6-3-4-7-20-14/h3-10H,2,11H2,1H3,(H,23,26). The molecule has 0 aliphatic carbocycles. The summed E-state index contributed by atoms with van der Waals surface area (Å²) in [6, 6.07) is 9.06. The molecule has 0 aromatic carbocycles. The highest BCUT2D eigenvalue weighted by Gasteiger charge is 2.19. The molecule has 140 valence electrons. The highest BCUT2D eigenvalue weighted by atomic mass is 32.1. The molecule has 28 heavy (non-hydrogen) atoms. The number of nitrogens with one attached hydrogen (secondary N) is 1. The number of pyridine rings is 1. The predicted octanol–water partition coefficient (Wildman–Crippen LogP) is 3.14. The zero-order chi connectivity index (χ0) is 19.3. The summed E-state index contributed by atoms with van der Waals surface area (Å²) in [6.45, 7) is 2.17. The third-order valence-corrected chi connectivity index (χ3v) is 5.00. The first-order chi connectivity index (χ1) is 13.7. The van der Waals surface area contributed by atoms with Crippen LogP contribution in [0.2, 0.25) is 0 Å². The fourth-order valence-electron chi connectivity index (χ4n) is 2.55. The van der Waals surface area contributed by atoms with Crippen LogP contribution in [0.25, 0.3) is 22.2 Å². The summed E-state index contributed by atoms with van der Waals surface area (Å²) in [5.41, 5.74) is 2.06. The molecular formula is C19H16N6O2S. The number of carbonyl (C=O) groups excluding carboxylic acids is 1. The Morgan fingerprint density at radius 1 is 1.11 bits per heavy atom. The van der Waals surface area contributed by atoms with E-state index in [-0.39, 0.29) is 12.5 Å². The average Bonchev–Trinajstić information content (AvgIpc) is 3.40. The van der Waals surface area contributed by atoms with Gasteiger partial charge in [0.25, 0.3) is 5.91 Å². The van der Waals surface area contributed by atoms with Crippen LogP contribution >= 0.6 is 11.3 Å². The van der Waals surface area contributed by atoms with Crippen LogP contribution in [0.4, 0.5) is 0 Å². The molecule has 4 aromatic heterocycles. The zero-order valence-electron chi connectivity index (χ0n) is 15.0. The Kier molecular flexibility index (Phi) is 5.16. The molecule has 0 saturated carbocycles. The van der Waals surface area contributed by atoms with E-state index >= 15 is 0 Å². The molecular weight excluding hydrogens is 376 g/mol. The maximum atomic E-state index is 12.7. The highest BCUT2D eigenvalue weighted by molar-refractivity contribution is 7.17. The summed E-state index contributed by atoms with van der Waals surface area (Å²) in [5, 5.41) is 7.48.